The largest absolute Gasteiger partial charge is 0.342 e. The van der Waals surface area contributed by atoms with Gasteiger partial charge in [-0.15, -0.1) is 0 Å². The first-order valence-electron chi connectivity index (χ1n) is 9.02. The van der Waals surface area contributed by atoms with Crippen LogP contribution in [0.5, 0.6) is 0 Å². The smallest absolute Gasteiger partial charge is 0.322 e. The van der Waals surface area contributed by atoms with Gasteiger partial charge in [0.25, 0.3) is 5.91 Å². The van der Waals surface area contributed by atoms with Gasteiger partial charge in [0.15, 0.2) is 0 Å². The van der Waals surface area contributed by atoms with Crippen molar-refractivity contribution in [3.8, 4) is 0 Å². The lowest BCUT2D eigenvalue weighted by Gasteiger charge is -2.40. The van der Waals surface area contributed by atoms with Crippen LogP contribution in [0.4, 0.5) is 10.7 Å². The van der Waals surface area contributed by atoms with E-state index in [9.17, 15) is 14.4 Å². The average molecular weight is 358 g/mol. The van der Waals surface area contributed by atoms with Gasteiger partial charge in [-0.25, -0.2) is 14.8 Å². The second-order valence-corrected chi connectivity index (χ2v) is 7.15. The molecule has 3 fully saturated rings. The molecule has 9 nitrogen and oxygen atoms in total. The summed E-state index contributed by atoms with van der Waals surface area (Å²) >= 11 is 0. The van der Waals surface area contributed by atoms with Gasteiger partial charge in [-0.05, 0) is 31.7 Å². The van der Waals surface area contributed by atoms with Gasteiger partial charge in [0.2, 0.25) is 11.9 Å². The molecule has 9 heteroatoms. The van der Waals surface area contributed by atoms with E-state index in [4.69, 9.17) is 0 Å². The lowest BCUT2D eigenvalue weighted by Crippen LogP contribution is -2.57. The number of amides is 4. The van der Waals surface area contributed by atoms with E-state index in [0.29, 0.717) is 38.4 Å². The molecular formula is C17H22N6O3. The molecule has 1 aromatic rings. The zero-order chi connectivity index (χ0) is 18.1. The van der Waals surface area contributed by atoms with E-state index in [0.717, 1.165) is 19.4 Å². The molecule has 3 saturated heterocycles. The van der Waals surface area contributed by atoms with Crippen molar-refractivity contribution in [1.82, 2.24) is 25.5 Å². The maximum Gasteiger partial charge on any atom is 0.322 e. The van der Waals surface area contributed by atoms with Crippen LogP contribution >= 0.6 is 0 Å². The number of nitrogens with zero attached hydrogens (tertiary/aromatic N) is 4. The molecule has 26 heavy (non-hydrogen) atoms. The molecule has 0 bridgehead atoms. The second kappa shape index (κ2) is 6.54. The number of carbonyl (C=O) groups excluding carboxylic acids is 3. The maximum atomic E-state index is 12.9. The van der Waals surface area contributed by atoms with Crippen molar-refractivity contribution in [3.05, 3.63) is 18.5 Å². The fourth-order valence-electron chi connectivity index (χ4n) is 4.06. The van der Waals surface area contributed by atoms with Crippen molar-refractivity contribution in [2.75, 3.05) is 31.1 Å². The molecule has 3 aliphatic heterocycles. The molecule has 4 heterocycles. The van der Waals surface area contributed by atoms with Crippen LogP contribution in [-0.2, 0) is 9.59 Å². The molecule has 0 aliphatic carbocycles. The van der Waals surface area contributed by atoms with Crippen LogP contribution in [0.1, 0.15) is 25.7 Å². The minimum absolute atomic E-state index is 0.0893. The lowest BCUT2D eigenvalue weighted by molar-refractivity contribution is -0.139. The molecular weight excluding hydrogens is 336 g/mol. The predicted molar refractivity (Wildman–Crippen MR) is 92.2 cm³/mol. The van der Waals surface area contributed by atoms with Crippen molar-refractivity contribution >= 4 is 23.8 Å². The maximum absolute atomic E-state index is 12.9. The predicted octanol–water partition coefficient (Wildman–Crippen LogP) is -0.106. The third kappa shape index (κ3) is 2.97. The summed E-state index contributed by atoms with van der Waals surface area (Å²) in [4.78, 5) is 48.8. The molecule has 3 aliphatic rings. The van der Waals surface area contributed by atoms with Crippen LogP contribution in [-0.4, -0.2) is 64.4 Å². The Labute approximate surface area is 151 Å². The van der Waals surface area contributed by atoms with Gasteiger partial charge in [0.1, 0.15) is 5.54 Å². The third-order valence-electron chi connectivity index (χ3n) is 5.55. The first kappa shape index (κ1) is 16.7. The molecule has 0 aromatic carbocycles. The van der Waals surface area contributed by atoms with Crippen LogP contribution in [0, 0.1) is 5.92 Å². The van der Waals surface area contributed by atoms with E-state index >= 15 is 0 Å². The van der Waals surface area contributed by atoms with Crippen molar-refractivity contribution in [1.29, 1.82) is 0 Å². The fraction of sp³-hybridized carbons (Fsp3) is 0.588. The highest BCUT2D eigenvalue weighted by Gasteiger charge is 2.48. The fourth-order valence-corrected chi connectivity index (χ4v) is 4.06. The Bertz CT molecular complexity index is 716. The zero-order valence-corrected chi connectivity index (χ0v) is 14.5. The second-order valence-electron chi connectivity index (χ2n) is 7.15. The van der Waals surface area contributed by atoms with Gasteiger partial charge >= 0.3 is 6.03 Å². The third-order valence-corrected chi connectivity index (χ3v) is 5.55. The Morgan fingerprint density at radius 3 is 2.54 bits per heavy atom. The molecule has 1 unspecified atom stereocenters. The Hall–Kier alpha value is -2.71. The van der Waals surface area contributed by atoms with E-state index < -0.39 is 11.6 Å². The summed E-state index contributed by atoms with van der Waals surface area (Å²) in [6.07, 6.45) is 6.09. The Morgan fingerprint density at radius 1 is 1.15 bits per heavy atom. The number of anilines is 1. The number of hydrogen-bond acceptors (Lipinski definition) is 6. The first-order valence-corrected chi connectivity index (χ1v) is 9.02. The Morgan fingerprint density at radius 2 is 1.88 bits per heavy atom. The van der Waals surface area contributed by atoms with E-state index in [1.54, 1.807) is 18.5 Å². The summed E-state index contributed by atoms with van der Waals surface area (Å²) in [6, 6.07) is 1.33. The number of carbonyl (C=O) groups is 3. The number of urea groups is 1. The minimum atomic E-state index is -0.843. The van der Waals surface area contributed by atoms with Gasteiger partial charge in [-0.3, -0.25) is 14.9 Å². The summed E-state index contributed by atoms with van der Waals surface area (Å²) in [7, 11) is 0. The highest BCUT2D eigenvalue weighted by Crippen LogP contribution is 2.28. The number of nitrogens with one attached hydrogen (secondary N) is 2. The Balaban J connectivity index is 1.38. The van der Waals surface area contributed by atoms with Crippen LogP contribution < -0.4 is 15.5 Å². The molecule has 0 radical (unpaired) electrons. The zero-order valence-electron chi connectivity index (χ0n) is 14.5. The number of imide groups is 1. The van der Waals surface area contributed by atoms with Crippen LogP contribution in [0.3, 0.4) is 0 Å². The summed E-state index contributed by atoms with van der Waals surface area (Å²) in [5.41, 5.74) is -0.843. The standard InChI is InChI=1S/C17H22N6O3/c24-13(12-3-1-8-23(11-12)15-18-6-2-7-19-15)22-9-4-17(5-10-22)14(25)20-16(26)21-17/h2,6-7,12H,1,3-5,8-11H2,(H2,20,21,25,26). The highest BCUT2D eigenvalue weighted by atomic mass is 16.2. The van der Waals surface area contributed by atoms with E-state index in [-0.39, 0.29) is 17.7 Å². The minimum Gasteiger partial charge on any atom is -0.342 e. The van der Waals surface area contributed by atoms with Crippen molar-refractivity contribution in [2.45, 2.75) is 31.2 Å². The van der Waals surface area contributed by atoms with Gasteiger partial charge in [-0.1, -0.05) is 0 Å². The monoisotopic (exact) mass is 358 g/mol. The van der Waals surface area contributed by atoms with Crippen molar-refractivity contribution in [3.63, 3.8) is 0 Å². The normalized spacial score (nSPS) is 25.2. The molecule has 138 valence electrons. The molecule has 1 spiro atoms. The highest BCUT2D eigenvalue weighted by molar-refractivity contribution is 6.07. The molecule has 4 amide bonds. The number of likely N-dealkylation sites (tertiary alicyclic amines) is 1. The van der Waals surface area contributed by atoms with Crippen LogP contribution in [0.2, 0.25) is 0 Å². The van der Waals surface area contributed by atoms with Gasteiger partial charge in [0, 0.05) is 38.6 Å². The van der Waals surface area contributed by atoms with E-state index in [2.05, 4.69) is 25.5 Å². The van der Waals surface area contributed by atoms with E-state index in [1.807, 2.05) is 4.90 Å². The Kier molecular flexibility index (Phi) is 4.21. The molecule has 4 rings (SSSR count). The molecule has 0 saturated carbocycles. The van der Waals surface area contributed by atoms with Gasteiger partial charge in [0.05, 0.1) is 5.92 Å². The molecule has 1 aromatic heterocycles. The summed E-state index contributed by atoms with van der Waals surface area (Å²) < 4.78 is 0. The number of piperidine rings is 2. The van der Waals surface area contributed by atoms with Crippen molar-refractivity contribution in [2.24, 2.45) is 5.92 Å². The lowest BCUT2D eigenvalue weighted by atomic mass is 9.86. The number of rotatable bonds is 2. The van der Waals surface area contributed by atoms with Crippen LogP contribution in [0.15, 0.2) is 18.5 Å². The van der Waals surface area contributed by atoms with Crippen molar-refractivity contribution < 1.29 is 14.4 Å². The SMILES string of the molecule is O=C1NC(=O)C2(CCN(C(=O)C3CCCN(c4ncccn4)C3)CC2)N1. The topological polar surface area (TPSA) is 108 Å². The van der Waals surface area contributed by atoms with Crippen LogP contribution in [0.25, 0.3) is 0 Å². The quantitative estimate of drug-likeness (QED) is 0.715. The number of aromatic nitrogens is 2. The first-order chi connectivity index (χ1) is 12.6. The van der Waals surface area contributed by atoms with Gasteiger partial charge < -0.3 is 15.1 Å². The summed E-state index contributed by atoms with van der Waals surface area (Å²) in [5.74, 6) is 0.409. The molecule has 2 N–H and O–H groups in total. The molecule has 1 atom stereocenters. The van der Waals surface area contributed by atoms with E-state index in [1.165, 1.54) is 0 Å². The van der Waals surface area contributed by atoms with Gasteiger partial charge in [-0.2, -0.15) is 0 Å². The summed E-state index contributed by atoms with van der Waals surface area (Å²) in [6.45, 7) is 2.42. The number of hydrogen-bond donors (Lipinski definition) is 2. The summed E-state index contributed by atoms with van der Waals surface area (Å²) in [5, 5.41) is 5.02. The average Bonchev–Trinajstić information content (AvgIpc) is 2.95.